The Hall–Kier alpha value is -13.0. The molecule has 0 saturated carbocycles. The number of carbonyl (C=O) groups excluding carboxylic acids is 14. The smallest absolute Gasteiger partial charge is 0.308 e. The molecular formula is C64H52O34. The summed E-state index contributed by atoms with van der Waals surface area (Å²) in [7, 11) is 0. The number of carbonyl (C=O) groups is 14. The van der Waals surface area contributed by atoms with Gasteiger partial charge in [-0.15, -0.1) is 0 Å². The second-order valence-corrected chi connectivity index (χ2v) is 20.3. The maximum Gasteiger partial charge on any atom is 0.308 e. The van der Waals surface area contributed by atoms with Crippen molar-refractivity contribution in [1.29, 1.82) is 0 Å². The number of ether oxygens (including phenoxy) is 20. The van der Waals surface area contributed by atoms with Crippen LogP contribution in [0.3, 0.4) is 0 Å². The van der Waals surface area contributed by atoms with Gasteiger partial charge in [0.15, 0.2) is 52.1 Å². The van der Waals surface area contributed by atoms with Crippen molar-refractivity contribution in [3.8, 4) is 121 Å². The fourth-order valence-electron chi connectivity index (χ4n) is 9.28. The normalized spacial score (nSPS) is 13.6. The Balaban J connectivity index is 1.60. The highest BCUT2D eigenvalue weighted by atomic mass is 16.7. The van der Waals surface area contributed by atoms with Crippen molar-refractivity contribution in [2.24, 2.45) is 0 Å². The molecule has 2 aliphatic heterocycles. The average molecular weight is 1370 g/mol. The van der Waals surface area contributed by atoms with Crippen molar-refractivity contribution in [3.05, 3.63) is 71.4 Å². The third-order valence-corrected chi connectivity index (χ3v) is 11.9. The summed E-state index contributed by atoms with van der Waals surface area (Å²) < 4.78 is 118. The molecule has 34 heteroatoms. The zero-order chi connectivity index (χ0) is 72.0. The topological polar surface area (TPSA) is 424 Å². The summed E-state index contributed by atoms with van der Waals surface area (Å²) in [5.74, 6) is -33.7. The molecule has 2 unspecified atom stereocenters. The maximum atomic E-state index is 13.8. The molecule has 0 amide bonds. The molecule has 8 rings (SSSR count). The molecule has 0 spiro atoms. The SMILES string of the molecule is CC(=O)OC1=C2Oc3c(c(OC(C)=O)cc(OC(C)=O)c3Oc3cc(OC(C)=O)cc(OC(C)=O)c3)OC2=C(c2c(OC(C)=O)c(OC(C)=O)c(OC(C)=O)c3c2Oc2c(OC(C)=O)cc(OC(C)=O)c(Oc4cc(OC(C)=O)cc(OC(C)=O)c4)c2O3)C(OC(C)=O)C1OC(C)=O. The van der Waals surface area contributed by atoms with Crippen LogP contribution in [0.5, 0.6) is 121 Å². The lowest BCUT2D eigenvalue weighted by Crippen LogP contribution is -2.44. The largest absolute Gasteiger partial charge is 0.453 e. The van der Waals surface area contributed by atoms with Gasteiger partial charge in [0.05, 0.1) is 11.1 Å². The van der Waals surface area contributed by atoms with Crippen molar-refractivity contribution in [1.82, 2.24) is 0 Å². The van der Waals surface area contributed by atoms with Gasteiger partial charge in [0.2, 0.25) is 63.6 Å². The zero-order valence-corrected chi connectivity index (χ0v) is 53.7. The molecule has 2 heterocycles. The Kier molecular flexibility index (Phi) is 21.0. The number of hydrogen-bond acceptors (Lipinski definition) is 34. The van der Waals surface area contributed by atoms with E-state index in [9.17, 15) is 67.1 Å². The number of rotatable bonds is 19. The van der Waals surface area contributed by atoms with Crippen LogP contribution in [0.15, 0.2) is 65.8 Å². The van der Waals surface area contributed by atoms with Gasteiger partial charge in [0.25, 0.3) is 0 Å². The fourth-order valence-corrected chi connectivity index (χ4v) is 9.28. The van der Waals surface area contributed by atoms with Gasteiger partial charge in [0, 0.05) is 145 Å². The second kappa shape index (κ2) is 29.1. The van der Waals surface area contributed by atoms with Crippen molar-refractivity contribution >= 4 is 89.1 Å². The molecular weight excluding hydrogens is 1310 g/mol. The van der Waals surface area contributed by atoms with Crippen LogP contribution >= 0.6 is 0 Å². The molecule has 0 N–H and O–H groups in total. The van der Waals surface area contributed by atoms with Gasteiger partial charge in [-0.05, 0) is 0 Å². The highest BCUT2D eigenvalue weighted by Gasteiger charge is 2.53. The van der Waals surface area contributed by atoms with Crippen LogP contribution in [0.1, 0.15) is 102 Å². The summed E-state index contributed by atoms with van der Waals surface area (Å²) >= 11 is 0. The summed E-state index contributed by atoms with van der Waals surface area (Å²) in [5, 5.41) is 0. The predicted octanol–water partition coefficient (Wildman–Crippen LogP) is 8.18. The minimum absolute atomic E-state index is 0.311. The summed E-state index contributed by atoms with van der Waals surface area (Å²) in [6.07, 6.45) is -4.82. The van der Waals surface area contributed by atoms with Crippen LogP contribution in [0.2, 0.25) is 0 Å². The molecule has 98 heavy (non-hydrogen) atoms. The quantitative estimate of drug-likeness (QED) is 0.0419. The number of esters is 14. The van der Waals surface area contributed by atoms with E-state index in [1.807, 2.05) is 0 Å². The van der Waals surface area contributed by atoms with E-state index in [4.69, 9.17) is 94.7 Å². The predicted molar refractivity (Wildman–Crippen MR) is 315 cm³/mol. The van der Waals surface area contributed by atoms with Gasteiger partial charge >= 0.3 is 83.6 Å². The molecule has 0 saturated heterocycles. The van der Waals surface area contributed by atoms with E-state index in [0.29, 0.717) is 0 Å². The lowest BCUT2D eigenvalue weighted by atomic mass is 9.86. The summed E-state index contributed by atoms with van der Waals surface area (Å²) in [6.45, 7) is 12.7. The average Bonchev–Trinajstić information content (AvgIpc) is 0.707. The van der Waals surface area contributed by atoms with Crippen molar-refractivity contribution in [2.45, 2.75) is 109 Å². The monoisotopic (exact) mass is 1360 g/mol. The standard InChI is InChI=1S/C64H52O34/c1-23(65)79-37-15-38(80-24(2)66)18-41(17-37)93-49-43(83-27(5)69)21-45(85-29(7)71)51-57(49)97-61-55(95-51)47(53(87-31(9)73)59(89-33(11)75)63(61)91-35(13)77)48-54(88-32(10)74)60(90-34(12)76)64(92-36(14)78)62-56(48)96-52-46(86-30(8)72)22-44(84-28(6)70)50(58(52)98-62)94-42-19-39(81-25(3)67)16-40(20-42)82-26(4)68/h15-22,53,59H,1-14H3. The first-order chi connectivity index (χ1) is 46.0. The Bertz CT molecular complexity index is 4340. The molecule has 1 aliphatic carbocycles. The highest BCUT2D eigenvalue weighted by molar-refractivity contribution is 5.96. The van der Waals surface area contributed by atoms with E-state index >= 15 is 0 Å². The first kappa shape index (κ1) is 70.8. The Labute approximate surface area is 550 Å². The molecule has 0 aromatic heterocycles. The molecule has 5 aromatic rings. The Morgan fingerprint density at radius 1 is 0.255 bits per heavy atom. The summed E-state index contributed by atoms with van der Waals surface area (Å²) in [5.41, 5.74) is -1.85. The first-order valence-corrected chi connectivity index (χ1v) is 28.1. The van der Waals surface area contributed by atoms with E-state index in [0.717, 1.165) is 145 Å². The lowest BCUT2D eigenvalue weighted by molar-refractivity contribution is -0.163. The summed E-state index contributed by atoms with van der Waals surface area (Å²) in [4.78, 5) is 183. The van der Waals surface area contributed by atoms with Crippen LogP contribution < -0.4 is 80.5 Å². The minimum Gasteiger partial charge on any atom is -0.453 e. The van der Waals surface area contributed by atoms with Crippen molar-refractivity contribution in [2.75, 3.05) is 0 Å². The van der Waals surface area contributed by atoms with Gasteiger partial charge in [0.1, 0.15) is 34.5 Å². The Morgan fingerprint density at radius 3 is 0.949 bits per heavy atom. The van der Waals surface area contributed by atoms with Crippen LogP contribution in [-0.2, 0) is 81.3 Å². The van der Waals surface area contributed by atoms with E-state index < -0.39 is 222 Å². The zero-order valence-electron chi connectivity index (χ0n) is 53.7. The van der Waals surface area contributed by atoms with E-state index in [-0.39, 0.29) is 23.0 Å². The molecule has 34 nitrogen and oxygen atoms in total. The van der Waals surface area contributed by atoms with Crippen LogP contribution in [0.25, 0.3) is 5.57 Å². The van der Waals surface area contributed by atoms with E-state index in [1.165, 1.54) is 0 Å². The molecule has 5 aromatic carbocycles. The van der Waals surface area contributed by atoms with Gasteiger partial charge < -0.3 is 94.7 Å². The Morgan fingerprint density at radius 2 is 0.561 bits per heavy atom. The van der Waals surface area contributed by atoms with Crippen molar-refractivity contribution < 1.29 is 162 Å². The third-order valence-electron chi connectivity index (χ3n) is 11.9. The van der Waals surface area contributed by atoms with Gasteiger partial charge in [-0.1, -0.05) is 0 Å². The van der Waals surface area contributed by atoms with Gasteiger partial charge in [-0.3, -0.25) is 67.1 Å². The van der Waals surface area contributed by atoms with Crippen LogP contribution in [0.4, 0.5) is 0 Å². The molecule has 2 atom stereocenters. The first-order valence-electron chi connectivity index (χ1n) is 28.1. The number of hydrogen-bond donors (Lipinski definition) is 0. The molecule has 0 bridgehead atoms. The maximum absolute atomic E-state index is 13.8. The molecule has 3 aliphatic rings. The second-order valence-electron chi connectivity index (χ2n) is 20.3. The third kappa shape index (κ3) is 16.6. The van der Waals surface area contributed by atoms with E-state index in [1.54, 1.807) is 0 Å². The minimum atomic E-state index is -2.44. The van der Waals surface area contributed by atoms with Crippen LogP contribution in [-0.4, -0.2) is 95.8 Å². The van der Waals surface area contributed by atoms with Gasteiger partial charge in [-0.25, -0.2) is 0 Å². The number of fused-ring (bicyclic) bond motifs is 4. The van der Waals surface area contributed by atoms with E-state index in [2.05, 4.69) is 0 Å². The molecule has 0 radical (unpaired) electrons. The summed E-state index contributed by atoms with van der Waals surface area (Å²) in [6, 6.07) is 8.17. The van der Waals surface area contributed by atoms with Crippen molar-refractivity contribution in [3.63, 3.8) is 0 Å². The lowest BCUT2D eigenvalue weighted by Gasteiger charge is -2.39. The molecule has 512 valence electrons. The highest BCUT2D eigenvalue weighted by Crippen LogP contribution is 2.68. The van der Waals surface area contributed by atoms with Crippen LogP contribution in [0, 0.1) is 0 Å². The molecule has 0 fully saturated rings. The number of benzene rings is 5. The van der Waals surface area contributed by atoms with Gasteiger partial charge in [-0.2, -0.15) is 0 Å². The fraction of sp³-hybridized carbons (Fsp3) is 0.250.